The summed E-state index contributed by atoms with van der Waals surface area (Å²) in [6.45, 7) is -0.330. The van der Waals surface area contributed by atoms with Crippen molar-refractivity contribution in [1.29, 1.82) is 0 Å². The van der Waals surface area contributed by atoms with Gasteiger partial charge in [-0.1, -0.05) is 23.7 Å². The third-order valence-corrected chi connectivity index (χ3v) is 1.88. The molecule has 0 heterocycles. The summed E-state index contributed by atoms with van der Waals surface area (Å²) in [5, 5.41) is 9.45. The highest BCUT2D eigenvalue weighted by Crippen LogP contribution is 2.20. The van der Waals surface area contributed by atoms with E-state index in [0.29, 0.717) is 10.6 Å². The van der Waals surface area contributed by atoms with Gasteiger partial charge in [0, 0.05) is 5.02 Å². The van der Waals surface area contributed by atoms with Gasteiger partial charge in [-0.15, -0.1) is 0 Å². The number of halogens is 1. The molecule has 0 spiro atoms. The molecule has 0 saturated carbocycles. The van der Waals surface area contributed by atoms with Crippen LogP contribution in [0.2, 0.25) is 5.02 Å². The van der Waals surface area contributed by atoms with Gasteiger partial charge in [0.25, 0.3) is 0 Å². The Morgan fingerprint density at radius 1 is 1.64 bits per heavy atom. The molecule has 0 aromatic heterocycles. The molecule has 76 valence electrons. The first kappa shape index (κ1) is 10.8. The monoisotopic (exact) mass is 215 g/mol. The van der Waals surface area contributed by atoms with Gasteiger partial charge in [-0.25, -0.2) is 4.79 Å². The molecule has 1 atom stereocenters. The number of rotatable bonds is 3. The fraction of sp³-hybridized carbons (Fsp3) is 0.222. The van der Waals surface area contributed by atoms with Gasteiger partial charge in [-0.05, 0) is 17.7 Å². The molecule has 0 unspecified atom stereocenters. The van der Waals surface area contributed by atoms with E-state index in [1.807, 2.05) is 0 Å². The number of aliphatic hydroxyl groups is 1. The van der Waals surface area contributed by atoms with Crippen LogP contribution in [0.15, 0.2) is 24.3 Å². The molecule has 0 radical (unpaired) electrons. The van der Waals surface area contributed by atoms with Crippen LogP contribution in [-0.2, 0) is 4.74 Å². The largest absolute Gasteiger partial charge is 0.439 e. The quantitative estimate of drug-likeness (QED) is 0.802. The molecular weight excluding hydrogens is 206 g/mol. The van der Waals surface area contributed by atoms with E-state index >= 15 is 0 Å². The highest BCUT2D eigenvalue weighted by molar-refractivity contribution is 6.30. The SMILES string of the molecule is NC(=O)O[C@H](CO)c1cccc(Cl)c1. The van der Waals surface area contributed by atoms with Gasteiger partial charge in [0.05, 0.1) is 6.61 Å². The maximum absolute atomic E-state index is 10.5. The van der Waals surface area contributed by atoms with Crippen LogP contribution in [-0.4, -0.2) is 17.8 Å². The van der Waals surface area contributed by atoms with Crippen LogP contribution < -0.4 is 5.73 Å². The lowest BCUT2D eigenvalue weighted by Crippen LogP contribution is -2.19. The highest BCUT2D eigenvalue weighted by atomic mass is 35.5. The molecular formula is C9H10ClNO3. The Balaban J connectivity index is 2.83. The molecule has 1 aromatic carbocycles. The maximum atomic E-state index is 10.5. The normalized spacial score (nSPS) is 12.1. The van der Waals surface area contributed by atoms with Crippen LogP contribution in [0.3, 0.4) is 0 Å². The number of carbonyl (C=O) groups is 1. The van der Waals surface area contributed by atoms with Crippen LogP contribution in [0.1, 0.15) is 11.7 Å². The number of aliphatic hydroxyl groups excluding tert-OH is 1. The van der Waals surface area contributed by atoms with Crippen molar-refractivity contribution < 1.29 is 14.6 Å². The van der Waals surface area contributed by atoms with Crippen molar-refractivity contribution in [2.75, 3.05) is 6.61 Å². The smallest absolute Gasteiger partial charge is 0.405 e. The lowest BCUT2D eigenvalue weighted by Gasteiger charge is -2.14. The van der Waals surface area contributed by atoms with E-state index in [9.17, 15) is 4.79 Å². The first-order valence-electron chi connectivity index (χ1n) is 3.96. The second-order valence-corrected chi connectivity index (χ2v) is 3.10. The average Bonchev–Trinajstić information content (AvgIpc) is 2.14. The first-order chi connectivity index (χ1) is 6.63. The number of ether oxygens (including phenoxy) is 1. The van der Waals surface area contributed by atoms with Gasteiger partial charge in [-0.3, -0.25) is 0 Å². The lowest BCUT2D eigenvalue weighted by atomic mass is 10.1. The Hall–Kier alpha value is -1.26. The van der Waals surface area contributed by atoms with Crippen molar-refractivity contribution in [2.24, 2.45) is 5.73 Å². The zero-order valence-electron chi connectivity index (χ0n) is 7.31. The van der Waals surface area contributed by atoms with Crippen LogP contribution in [0.25, 0.3) is 0 Å². The molecule has 0 aliphatic rings. The van der Waals surface area contributed by atoms with Crippen LogP contribution in [0.4, 0.5) is 4.79 Å². The van der Waals surface area contributed by atoms with E-state index in [-0.39, 0.29) is 6.61 Å². The molecule has 4 nitrogen and oxygen atoms in total. The highest BCUT2D eigenvalue weighted by Gasteiger charge is 2.13. The summed E-state index contributed by atoms with van der Waals surface area (Å²) in [6.07, 6.45) is -1.68. The summed E-state index contributed by atoms with van der Waals surface area (Å²) in [6, 6.07) is 6.68. The fourth-order valence-electron chi connectivity index (χ4n) is 1.06. The predicted octanol–water partition coefficient (Wildman–Crippen LogP) is 1.47. The molecule has 1 rings (SSSR count). The van der Waals surface area contributed by atoms with Gasteiger partial charge < -0.3 is 15.6 Å². The molecule has 0 fully saturated rings. The van der Waals surface area contributed by atoms with E-state index < -0.39 is 12.2 Å². The fourth-order valence-corrected chi connectivity index (χ4v) is 1.26. The lowest BCUT2D eigenvalue weighted by molar-refractivity contribution is 0.0633. The molecule has 1 aromatic rings. The molecule has 0 saturated heterocycles. The van der Waals surface area contributed by atoms with E-state index in [2.05, 4.69) is 4.74 Å². The Kier molecular flexibility index (Phi) is 3.73. The molecule has 0 aliphatic heterocycles. The summed E-state index contributed by atoms with van der Waals surface area (Å²) in [5.74, 6) is 0. The number of primary amides is 1. The van der Waals surface area contributed by atoms with Gasteiger partial charge in [0.2, 0.25) is 0 Å². The Morgan fingerprint density at radius 2 is 2.36 bits per heavy atom. The Morgan fingerprint density at radius 3 is 2.86 bits per heavy atom. The standard InChI is InChI=1S/C9H10ClNO3/c10-7-3-1-2-6(4-7)8(5-12)14-9(11)13/h1-4,8,12H,5H2,(H2,11,13)/t8-/m1/s1. The van der Waals surface area contributed by atoms with Gasteiger partial charge >= 0.3 is 6.09 Å². The summed E-state index contributed by atoms with van der Waals surface area (Å²) >= 11 is 5.73. The average molecular weight is 216 g/mol. The zero-order valence-corrected chi connectivity index (χ0v) is 8.07. The van der Waals surface area contributed by atoms with E-state index in [1.165, 1.54) is 0 Å². The molecule has 0 bridgehead atoms. The van der Waals surface area contributed by atoms with Crippen LogP contribution >= 0.6 is 11.6 Å². The summed E-state index contributed by atoms with van der Waals surface area (Å²) in [7, 11) is 0. The van der Waals surface area contributed by atoms with Gasteiger partial charge in [0.1, 0.15) is 0 Å². The number of hydrogen-bond donors (Lipinski definition) is 2. The number of hydrogen-bond acceptors (Lipinski definition) is 3. The second kappa shape index (κ2) is 4.83. The minimum Gasteiger partial charge on any atom is -0.439 e. The number of amides is 1. The summed E-state index contributed by atoms with van der Waals surface area (Å²) in [4.78, 5) is 10.5. The van der Waals surface area contributed by atoms with Gasteiger partial charge in [-0.2, -0.15) is 0 Å². The Labute approximate surface area is 86.2 Å². The molecule has 0 aliphatic carbocycles. The van der Waals surface area contributed by atoms with E-state index in [1.54, 1.807) is 24.3 Å². The van der Waals surface area contributed by atoms with Crippen molar-refractivity contribution in [3.63, 3.8) is 0 Å². The van der Waals surface area contributed by atoms with E-state index in [0.717, 1.165) is 0 Å². The maximum Gasteiger partial charge on any atom is 0.405 e. The third-order valence-electron chi connectivity index (χ3n) is 1.64. The topological polar surface area (TPSA) is 72.6 Å². The minimum absolute atomic E-state index is 0.330. The zero-order chi connectivity index (χ0) is 10.6. The van der Waals surface area contributed by atoms with Crippen molar-refractivity contribution >= 4 is 17.7 Å². The summed E-state index contributed by atoms with van der Waals surface area (Å²) in [5.41, 5.74) is 5.45. The number of benzene rings is 1. The van der Waals surface area contributed by atoms with Crippen LogP contribution in [0.5, 0.6) is 0 Å². The third kappa shape index (κ3) is 2.90. The van der Waals surface area contributed by atoms with Gasteiger partial charge in [0.15, 0.2) is 6.10 Å². The van der Waals surface area contributed by atoms with Crippen molar-refractivity contribution in [3.8, 4) is 0 Å². The van der Waals surface area contributed by atoms with Crippen molar-refractivity contribution in [1.82, 2.24) is 0 Å². The molecule has 5 heteroatoms. The van der Waals surface area contributed by atoms with Crippen molar-refractivity contribution in [3.05, 3.63) is 34.9 Å². The Bertz CT molecular complexity index is 330. The number of carbonyl (C=O) groups excluding carboxylic acids is 1. The molecule has 3 N–H and O–H groups in total. The summed E-state index contributed by atoms with van der Waals surface area (Å²) < 4.78 is 4.67. The first-order valence-corrected chi connectivity index (χ1v) is 4.33. The molecule has 14 heavy (non-hydrogen) atoms. The number of nitrogens with two attached hydrogens (primary N) is 1. The predicted molar refractivity (Wildman–Crippen MR) is 51.9 cm³/mol. The molecule has 1 amide bonds. The van der Waals surface area contributed by atoms with Crippen LogP contribution in [0, 0.1) is 0 Å². The minimum atomic E-state index is -0.927. The van der Waals surface area contributed by atoms with Crippen molar-refractivity contribution in [2.45, 2.75) is 6.10 Å². The van der Waals surface area contributed by atoms with E-state index in [4.69, 9.17) is 22.4 Å². The second-order valence-electron chi connectivity index (χ2n) is 2.66.